The molecule has 1 aromatic rings. The Balaban J connectivity index is 1.93. The van der Waals surface area contributed by atoms with Crippen LogP contribution in [0.3, 0.4) is 0 Å². The molecule has 1 saturated heterocycles. The van der Waals surface area contributed by atoms with Gasteiger partial charge < -0.3 is 15.4 Å². The van der Waals surface area contributed by atoms with Crippen LogP contribution in [-0.4, -0.2) is 62.8 Å². The lowest BCUT2D eigenvalue weighted by atomic mass is 10.1. The summed E-state index contributed by atoms with van der Waals surface area (Å²) < 4.78 is 32.4. The fourth-order valence-corrected chi connectivity index (χ4v) is 4.81. The molecule has 1 heterocycles. The second kappa shape index (κ2) is 10.2. The average molecular weight is 411 g/mol. The molecule has 2 unspecified atom stereocenters. The van der Waals surface area contributed by atoms with Gasteiger partial charge in [0, 0.05) is 26.2 Å². The van der Waals surface area contributed by atoms with E-state index in [0.29, 0.717) is 38.7 Å². The molecule has 1 aliphatic rings. The Labute approximate surface area is 169 Å². The number of benzene rings is 1. The highest BCUT2D eigenvalue weighted by Gasteiger charge is 2.30. The molecule has 0 aromatic heterocycles. The van der Waals surface area contributed by atoms with Gasteiger partial charge in [0.25, 0.3) is 0 Å². The minimum Gasteiger partial charge on any atom is -0.373 e. The first-order valence-electron chi connectivity index (χ1n) is 9.93. The standard InChI is InChI=1S/C20H34N4O3S/c1-6-21-20(23-12-19-8-7-15(2)11-16(19)3)22-9-10-28(25,26)24-13-17(4)27-18(5)14-24/h7-8,11,17-18H,6,9-10,12-14H2,1-5H3,(H2,21,22,23). The molecule has 0 spiro atoms. The van der Waals surface area contributed by atoms with E-state index in [1.54, 1.807) is 0 Å². The summed E-state index contributed by atoms with van der Waals surface area (Å²) in [5.41, 5.74) is 3.59. The number of guanidine groups is 1. The van der Waals surface area contributed by atoms with Crippen LogP contribution < -0.4 is 10.6 Å². The molecule has 0 radical (unpaired) electrons. The maximum atomic E-state index is 12.6. The number of morpholine rings is 1. The maximum absolute atomic E-state index is 12.6. The van der Waals surface area contributed by atoms with Crippen molar-refractivity contribution in [1.29, 1.82) is 0 Å². The first kappa shape index (κ1) is 22.6. The summed E-state index contributed by atoms with van der Waals surface area (Å²) in [6, 6.07) is 6.31. The molecule has 1 aliphatic heterocycles. The van der Waals surface area contributed by atoms with Crippen molar-refractivity contribution in [3.63, 3.8) is 0 Å². The summed E-state index contributed by atoms with van der Waals surface area (Å²) in [7, 11) is -3.33. The van der Waals surface area contributed by atoms with Crippen molar-refractivity contribution >= 4 is 16.0 Å². The molecule has 0 aliphatic carbocycles. The Hall–Kier alpha value is -1.64. The van der Waals surface area contributed by atoms with Crippen molar-refractivity contribution in [3.05, 3.63) is 34.9 Å². The van der Waals surface area contributed by atoms with E-state index in [1.807, 2.05) is 20.8 Å². The van der Waals surface area contributed by atoms with Gasteiger partial charge in [0.05, 0.1) is 24.5 Å². The van der Waals surface area contributed by atoms with Crippen molar-refractivity contribution in [2.45, 2.75) is 53.4 Å². The van der Waals surface area contributed by atoms with Crippen LogP contribution in [0.2, 0.25) is 0 Å². The number of nitrogens with one attached hydrogen (secondary N) is 2. The molecular weight excluding hydrogens is 376 g/mol. The summed E-state index contributed by atoms with van der Waals surface area (Å²) in [5, 5.41) is 6.32. The monoisotopic (exact) mass is 410 g/mol. The Morgan fingerprint density at radius 1 is 1.21 bits per heavy atom. The molecule has 2 rings (SSSR count). The lowest BCUT2D eigenvalue weighted by Gasteiger charge is -2.34. The van der Waals surface area contributed by atoms with Crippen molar-refractivity contribution < 1.29 is 13.2 Å². The third-order valence-electron chi connectivity index (χ3n) is 4.68. The van der Waals surface area contributed by atoms with Crippen LogP contribution in [-0.2, 0) is 21.3 Å². The van der Waals surface area contributed by atoms with Gasteiger partial charge in [-0.2, -0.15) is 4.31 Å². The Bertz CT molecular complexity index is 770. The van der Waals surface area contributed by atoms with E-state index in [2.05, 4.69) is 47.7 Å². The van der Waals surface area contributed by atoms with E-state index in [4.69, 9.17) is 4.74 Å². The minimum atomic E-state index is -3.33. The molecule has 2 atom stereocenters. The molecule has 0 amide bonds. The molecule has 7 nitrogen and oxygen atoms in total. The molecule has 28 heavy (non-hydrogen) atoms. The van der Waals surface area contributed by atoms with Crippen molar-refractivity contribution in [1.82, 2.24) is 14.9 Å². The lowest BCUT2D eigenvalue weighted by molar-refractivity contribution is -0.0440. The van der Waals surface area contributed by atoms with E-state index < -0.39 is 10.0 Å². The van der Waals surface area contributed by atoms with Crippen LogP contribution in [0.25, 0.3) is 0 Å². The van der Waals surface area contributed by atoms with Crippen molar-refractivity contribution in [2.75, 3.05) is 31.9 Å². The number of hydrogen-bond acceptors (Lipinski definition) is 4. The SMILES string of the molecule is CCNC(=NCc1ccc(C)cc1C)NCCS(=O)(=O)N1CC(C)OC(C)C1. The zero-order valence-corrected chi connectivity index (χ0v) is 18.5. The number of sulfonamides is 1. The van der Waals surface area contributed by atoms with Gasteiger partial charge in [-0.15, -0.1) is 0 Å². The average Bonchev–Trinajstić information content (AvgIpc) is 2.60. The molecule has 1 aromatic carbocycles. The second-order valence-corrected chi connectivity index (χ2v) is 9.53. The van der Waals surface area contributed by atoms with Gasteiger partial charge in [-0.05, 0) is 45.7 Å². The fraction of sp³-hybridized carbons (Fsp3) is 0.650. The third kappa shape index (κ3) is 6.76. The zero-order chi connectivity index (χ0) is 20.7. The van der Waals surface area contributed by atoms with E-state index in [0.717, 1.165) is 5.56 Å². The van der Waals surface area contributed by atoms with Gasteiger partial charge in [-0.25, -0.2) is 13.4 Å². The summed E-state index contributed by atoms with van der Waals surface area (Å²) in [5.74, 6) is 0.654. The van der Waals surface area contributed by atoms with Gasteiger partial charge >= 0.3 is 0 Å². The Morgan fingerprint density at radius 2 is 1.89 bits per heavy atom. The number of rotatable bonds is 7. The largest absolute Gasteiger partial charge is 0.373 e. The van der Waals surface area contributed by atoms with Gasteiger partial charge in [0.2, 0.25) is 10.0 Å². The van der Waals surface area contributed by atoms with Gasteiger partial charge in [-0.1, -0.05) is 23.8 Å². The third-order valence-corrected chi connectivity index (χ3v) is 6.49. The van der Waals surface area contributed by atoms with E-state index in [-0.39, 0.29) is 18.0 Å². The van der Waals surface area contributed by atoms with Gasteiger partial charge in [0.15, 0.2) is 5.96 Å². The molecule has 0 saturated carbocycles. The molecular formula is C20H34N4O3S. The highest BCUT2D eigenvalue weighted by molar-refractivity contribution is 7.89. The van der Waals surface area contributed by atoms with Crippen molar-refractivity contribution in [3.8, 4) is 0 Å². The number of aliphatic imine (C=N–C) groups is 1. The summed E-state index contributed by atoms with van der Waals surface area (Å²) in [6.45, 7) is 12.3. The van der Waals surface area contributed by atoms with Crippen molar-refractivity contribution in [2.24, 2.45) is 4.99 Å². The quantitative estimate of drug-likeness (QED) is 0.529. The summed E-state index contributed by atoms with van der Waals surface area (Å²) >= 11 is 0. The second-order valence-electron chi connectivity index (χ2n) is 7.44. The number of nitrogens with zero attached hydrogens (tertiary/aromatic N) is 2. The molecule has 158 valence electrons. The predicted molar refractivity (Wildman–Crippen MR) is 114 cm³/mol. The highest BCUT2D eigenvalue weighted by atomic mass is 32.2. The smallest absolute Gasteiger partial charge is 0.216 e. The summed E-state index contributed by atoms with van der Waals surface area (Å²) in [4.78, 5) is 4.60. The number of hydrogen-bond donors (Lipinski definition) is 2. The normalized spacial score (nSPS) is 21.5. The Morgan fingerprint density at radius 3 is 2.50 bits per heavy atom. The number of ether oxygens (including phenoxy) is 1. The van der Waals surface area contributed by atoms with Crippen LogP contribution >= 0.6 is 0 Å². The molecule has 2 N–H and O–H groups in total. The molecule has 8 heteroatoms. The van der Waals surface area contributed by atoms with Gasteiger partial charge in [-0.3, -0.25) is 0 Å². The van der Waals surface area contributed by atoms with Crippen LogP contribution in [0.1, 0.15) is 37.5 Å². The highest BCUT2D eigenvalue weighted by Crippen LogP contribution is 2.14. The molecule has 1 fully saturated rings. The van der Waals surface area contributed by atoms with Crippen LogP contribution in [0.4, 0.5) is 0 Å². The lowest BCUT2D eigenvalue weighted by Crippen LogP contribution is -2.50. The first-order valence-corrected chi connectivity index (χ1v) is 11.5. The fourth-order valence-electron chi connectivity index (χ4n) is 3.31. The zero-order valence-electron chi connectivity index (χ0n) is 17.7. The van der Waals surface area contributed by atoms with E-state index >= 15 is 0 Å². The van der Waals surface area contributed by atoms with E-state index in [9.17, 15) is 8.42 Å². The van der Waals surface area contributed by atoms with Crippen LogP contribution in [0.5, 0.6) is 0 Å². The predicted octanol–water partition coefficient (Wildman–Crippen LogP) is 1.80. The minimum absolute atomic E-state index is 0.0282. The van der Waals surface area contributed by atoms with Crippen LogP contribution in [0.15, 0.2) is 23.2 Å². The summed E-state index contributed by atoms with van der Waals surface area (Å²) in [6.07, 6.45) is -0.161. The maximum Gasteiger partial charge on any atom is 0.216 e. The van der Waals surface area contributed by atoms with E-state index in [1.165, 1.54) is 15.4 Å². The molecule has 0 bridgehead atoms. The topological polar surface area (TPSA) is 83.0 Å². The Kier molecular flexibility index (Phi) is 8.27. The van der Waals surface area contributed by atoms with Crippen LogP contribution in [0, 0.1) is 13.8 Å². The first-order chi connectivity index (χ1) is 13.2. The van der Waals surface area contributed by atoms with Gasteiger partial charge in [0.1, 0.15) is 0 Å². The number of aryl methyl sites for hydroxylation is 2.